The van der Waals surface area contributed by atoms with Gasteiger partial charge in [0, 0.05) is 30.3 Å². The molecule has 1 aliphatic rings. The number of carbonyl (C=O) groups excluding carboxylic acids is 2. The summed E-state index contributed by atoms with van der Waals surface area (Å²) in [7, 11) is 0. The largest absolute Gasteiger partial charge is 0.460 e. The number of benzene rings is 1. The number of aromatic nitrogens is 1. The molecule has 1 fully saturated rings. The average Bonchev–Trinajstić information content (AvgIpc) is 3.05. The molecule has 0 N–H and O–H groups in total. The minimum absolute atomic E-state index is 0.174. The van der Waals surface area contributed by atoms with Gasteiger partial charge in [-0.25, -0.2) is 0 Å². The van der Waals surface area contributed by atoms with Gasteiger partial charge in [0.05, 0.1) is 5.92 Å². The molecule has 25 heavy (non-hydrogen) atoms. The van der Waals surface area contributed by atoms with Crippen LogP contribution in [-0.2, 0) is 27.4 Å². The van der Waals surface area contributed by atoms with E-state index in [1.165, 1.54) is 0 Å². The van der Waals surface area contributed by atoms with Crippen LogP contribution >= 0.6 is 0 Å². The molecule has 2 atom stereocenters. The lowest BCUT2D eigenvalue weighted by atomic mass is 9.94. The standard InChI is InChI=1S/C21H23NO3/c1-15(21(24)25-14-17-4-3-11-22-13-17)18-9-7-16(8-10-18)12-19-5-2-6-20(19)23/h3-4,7-11,13,15,19H,2,5-6,12,14H2,1H3. The minimum Gasteiger partial charge on any atom is -0.460 e. The van der Waals surface area contributed by atoms with E-state index in [-0.39, 0.29) is 24.4 Å². The number of carbonyl (C=O) groups is 2. The van der Waals surface area contributed by atoms with E-state index in [4.69, 9.17) is 4.74 Å². The van der Waals surface area contributed by atoms with Crippen LogP contribution in [-0.4, -0.2) is 16.7 Å². The molecule has 1 saturated carbocycles. The Labute approximate surface area is 148 Å². The summed E-state index contributed by atoms with van der Waals surface area (Å²) in [6.07, 6.45) is 6.92. The van der Waals surface area contributed by atoms with Crippen molar-refractivity contribution in [2.75, 3.05) is 0 Å². The normalized spacial score (nSPS) is 18.1. The van der Waals surface area contributed by atoms with Crippen molar-refractivity contribution in [3.63, 3.8) is 0 Å². The Kier molecular flexibility index (Phi) is 5.59. The van der Waals surface area contributed by atoms with Gasteiger partial charge >= 0.3 is 5.97 Å². The first-order valence-corrected chi connectivity index (χ1v) is 8.80. The van der Waals surface area contributed by atoms with E-state index in [2.05, 4.69) is 4.98 Å². The van der Waals surface area contributed by atoms with Gasteiger partial charge < -0.3 is 4.74 Å². The van der Waals surface area contributed by atoms with E-state index in [9.17, 15) is 9.59 Å². The van der Waals surface area contributed by atoms with E-state index in [1.807, 2.05) is 43.3 Å². The topological polar surface area (TPSA) is 56.3 Å². The van der Waals surface area contributed by atoms with Crippen molar-refractivity contribution >= 4 is 11.8 Å². The van der Waals surface area contributed by atoms with E-state index in [0.717, 1.165) is 42.4 Å². The molecule has 2 aromatic rings. The predicted molar refractivity (Wildman–Crippen MR) is 94.9 cm³/mol. The first-order valence-electron chi connectivity index (χ1n) is 8.80. The molecule has 1 aromatic carbocycles. The minimum atomic E-state index is -0.321. The van der Waals surface area contributed by atoms with Crippen molar-refractivity contribution in [2.24, 2.45) is 5.92 Å². The van der Waals surface area contributed by atoms with E-state index in [0.29, 0.717) is 5.78 Å². The van der Waals surface area contributed by atoms with Gasteiger partial charge in [-0.05, 0) is 43.4 Å². The Morgan fingerprint density at radius 2 is 2.04 bits per heavy atom. The van der Waals surface area contributed by atoms with E-state index >= 15 is 0 Å². The third kappa shape index (κ3) is 4.53. The van der Waals surface area contributed by atoms with Crippen molar-refractivity contribution in [3.05, 3.63) is 65.5 Å². The summed E-state index contributed by atoms with van der Waals surface area (Å²) in [4.78, 5) is 28.0. The number of ketones is 1. The number of Topliss-reactive ketones (excluding diaryl/α,β-unsaturated/α-hetero) is 1. The highest BCUT2D eigenvalue weighted by Crippen LogP contribution is 2.26. The second-order valence-electron chi connectivity index (χ2n) is 6.69. The quantitative estimate of drug-likeness (QED) is 0.752. The molecule has 0 amide bonds. The Morgan fingerprint density at radius 1 is 1.24 bits per heavy atom. The molecule has 0 bridgehead atoms. The maximum absolute atomic E-state index is 12.2. The maximum Gasteiger partial charge on any atom is 0.313 e. The second kappa shape index (κ2) is 8.06. The van der Waals surface area contributed by atoms with Gasteiger partial charge in [0.15, 0.2) is 0 Å². The molecule has 2 unspecified atom stereocenters. The third-order valence-corrected chi connectivity index (χ3v) is 4.85. The Hall–Kier alpha value is -2.49. The highest BCUT2D eigenvalue weighted by atomic mass is 16.5. The molecule has 130 valence electrons. The Morgan fingerprint density at radius 3 is 2.68 bits per heavy atom. The van der Waals surface area contributed by atoms with Crippen LogP contribution in [0.5, 0.6) is 0 Å². The van der Waals surface area contributed by atoms with Crippen LogP contribution in [0.2, 0.25) is 0 Å². The van der Waals surface area contributed by atoms with E-state index < -0.39 is 0 Å². The SMILES string of the molecule is CC(C(=O)OCc1cccnc1)c1ccc(CC2CCCC2=O)cc1. The smallest absolute Gasteiger partial charge is 0.313 e. The maximum atomic E-state index is 12.2. The lowest BCUT2D eigenvalue weighted by Crippen LogP contribution is -2.13. The molecular formula is C21H23NO3. The van der Waals surface area contributed by atoms with Gasteiger partial charge in [0.2, 0.25) is 0 Å². The van der Waals surface area contributed by atoms with Crippen LogP contribution in [0.4, 0.5) is 0 Å². The van der Waals surface area contributed by atoms with E-state index in [1.54, 1.807) is 12.4 Å². The number of hydrogen-bond donors (Lipinski definition) is 0. The van der Waals surface area contributed by atoms with Crippen molar-refractivity contribution in [2.45, 2.75) is 45.1 Å². The molecular weight excluding hydrogens is 314 g/mol. The number of nitrogens with zero attached hydrogens (tertiary/aromatic N) is 1. The third-order valence-electron chi connectivity index (χ3n) is 4.85. The summed E-state index contributed by atoms with van der Waals surface area (Å²) >= 11 is 0. The van der Waals surface area contributed by atoms with Crippen LogP contribution in [0.3, 0.4) is 0 Å². The molecule has 4 nitrogen and oxygen atoms in total. The molecule has 1 heterocycles. The molecule has 0 aliphatic heterocycles. The molecule has 1 aliphatic carbocycles. The van der Waals surface area contributed by atoms with Crippen LogP contribution in [0, 0.1) is 5.92 Å². The highest BCUT2D eigenvalue weighted by molar-refractivity contribution is 5.83. The first-order chi connectivity index (χ1) is 12.1. The zero-order valence-electron chi connectivity index (χ0n) is 14.5. The summed E-state index contributed by atoms with van der Waals surface area (Å²) in [5, 5.41) is 0. The van der Waals surface area contributed by atoms with Crippen molar-refractivity contribution < 1.29 is 14.3 Å². The Bertz CT molecular complexity index is 725. The zero-order valence-corrected chi connectivity index (χ0v) is 14.5. The predicted octanol–water partition coefficient (Wildman–Crippen LogP) is 3.84. The number of hydrogen-bond acceptors (Lipinski definition) is 4. The Balaban J connectivity index is 1.55. The van der Waals surface area contributed by atoms with Gasteiger partial charge in [-0.15, -0.1) is 0 Å². The summed E-state index contributed by atoms with van der Waals surface area (Å²) < 4.78 is 5.37. The van der Waals surface area contributed by atoms with Crippen molar-refractivity contribution in [1.82, 2.24) is 4.98 Å². The van der Waals surface area contributed by atoms with Crippen LogP contribution in [0.15, 0.2) is 48.8 Å². The summed E-state index contributed by atoms with van der Waals surface area (Å²) in [5.74, 6) is -0.00875. The lowest BCUT2D eigenvalue weighted by molar-refractivity contribution is -0.146. The fourth-order valence-electron chi connectivity index (χ4n) is 3.23. The van der Waals surface area contributed by atoms with Gasteiger partial charge in [0.25, 0.3) is 0 Å². The van der Waals surface area contributed by atoms with Crippen molar-refractivity contribution in [1.29, 1.82) is 0 Å². The summed E-state index contributed by atoms with van der Waals surface area (Å²) in [6, 6.07) is 11.7. The number of pyridine rings is 1. The number of rotatable bonds is 6. The van der Waals surface area contributed by atoms with Gasteiger partial charge in [-0.1, -0.05) is 30.3 Å². The van der Waals surface area contributed by atoms with Gasteiger partial charge in [-0.2, -0.15) is 0 Å². The summed E-state index contributed by atoms with van der Waals surface area (Å²) in [6.45, 7) is 2.08. The molecule has 3 rings (SSSR count). The van der Waals surface area contributed by atoms with Crippen LogP contribution < -0.4 is 0 Å². The average molecular weight is 337 g/mol. The number of ether oxygens (including phenoxy) is 1. The fraction of sp³-hybridized carbons (Fsp3) is 0.381. The molecule has 4 heteroatoms. The second-order valence-corrected chi connectivity index (χ2v) is 6.69. The number of esters is 1. The summed E-state index contributed by atoms with van der Waals surface area (Å²) in [5.41, 5.74) is 2.96. The van der Waals surface area contributed by atoms with Gasteiger partial charge in [-0.3, -0.25) is 14.6 Å². The monoisotopic (exact) mass is 337 g/mol. The lowest BCUT2D eigenvalue weighted by Gasteiger charge is -2.13. The first kappa shape index (κ1) is 17.3. The molecule has 1 aromatic heterocycles. The molecule has 0 saturated heterocycles. The van der Waals surface area contributed by atoms with Gasteiger partial charge in [0.1, 0.15) is 12.4 Å². The highest BCUT2D eigenvalue weighted by Gasteiger charge is 2.24. The van der Waals surface area contributed by atoms with Crippen LogP contribution in [0.25, 0.3) is 0 Å². The van der Waals surface area contributed by atoms with Crippen LogP contribution in [0.1, 0.15) is 48.8 Å². The molecule has 0 spiro atoms. The van der Waals surface area contributed by atoms with Crippen molar-refractivity contribution in [3.8, 4) is 0 Å². The fourth-order valence-corrected chi connectivity index (χ4v) is 3.23. The molecule has 0 radical (unpaired) electrons. The zero-order chi connectivity index (χ0) is 17.6.